The summed E-state index contributed by atoms with van der Waals surface area (Å²) < 4.78 is 8.10. The van der Waals surface area contributed by atoms with Crippen LogP contribution in [0.4, 0.5) is 5.69 Å². The molecule has 11 heteroatoms. The molecule has 0 aliphatic carbocycles. The highest BCUT2D eigenvalue weighted by molar-refractivity contribution is 6.03. The third-order valence-electron chi connectivity index (χ3n) is 5.21. The third-order valence-corrected chi connectivity index (χ3v) is 5.21. The number of nitro benzene ring substituents is 1. The number of aromatic nitrogens is 5. The molecule has 0 saturated carbocycles. The smallest absolute Gasteiger partial charge is 0.322 e. The Morgan fingerprint density at radius 3 is 2.73 bits per heavy atom. The van der Waals surface area contributed by atoms with Crippen LogP contribution in [0, 0.1) is 10.1 Å². The number of nitro groups is 1. The molecule has 0 saturated heterocycles. The van der Waals surface area contributed by atoms with Crippen LogP contribution in [0.2, 0.25) is 0 Å². The fourth-order valence-electron chi connectivity index (χ4n) is 3.62. The number of hydrogen-bond acceptors (Lipinski definition) is 7. The summed E-state index contributed by atoms with van der Waals surface area (Å²) in [7, 11) is 1.57. The van der Waals surface area contributed by atoms with Gasteiger partial charge in [0.25, 0.3) is 11.3 Å². The fourth-order valence-corrected chi connectivity index (χ4v) is 3.62. The summed E-state index contributed by atoms with van der Waals surface area (Å²) in [6.07, 6.45) is 3.04. The van der Waals surface area contributed by atoms with E-state index < -0.39 is 4.92 Å². The number of nitrogens with one attached hydrogen (secondary N) is 1. The van der Waals surface area contributed by atoms with Crippen molar-refractivity contribution in [1.82, 2.24) is 19.2 Å². The lowest BCUT2D eigenvalue weighted by Gasteiger charge is -1.99. The molecule has 3 aromatic heterocycles. The first-order valence-electron chi connectivity index (χ1n) is 10.1. The van der Waals surface area contributed by atoms with Crippen molar-refractivity contribution in [3.63, 3.8) is 0 Å². The molecule has 0 spiro atoms. The number of methoxy groups -OCH3 is 1. The normalized spacial score (nSPS) is 11.8. The first-order chi connectivity index (χ1) is 16.1. The molecule has 11 nitrogen and oxygen atoms in total. The minimum Gasteiger partial charge on any atom is -0.381 e. The molecule has 5 rings (SSSR count). The fraction of sp³-hybridized carbons (Fsp3) is 0.136. The Morgan fingerprint density at radius 1 is 1.18 bits per heavy atom. The van der Waals surface area contributed by atoms with E-state index in [-0.39, 0.29) is 11.2 Å². The average molecular weight is 444 g/mol. The van der Waals surface area contributed by atoms with E-state index >= 15 is 0 Å². The molecule has 1 N–H and O–H groups in total. The van der Waals surface area contributed by atoms with Gasteiger partial charge in [0.1, 0.15) is 5.52 Å². The van der Waals surface area contributed by atoms with E-state index in [0.717, 1.165) is 0 Å². The Kier molecular flexibility index (Phi) is 5.07. The number of ether oxygens (including phenoxy) is 1. The first kappa shape index (κ1) is 20.4. The van der Waals surface area contributed by atoms with Gasteiger partial charge in [-0.15, -0.1) is 9.78 Å². The topological polar surface area (TPSA) is 132 Å². The van der Waals surface area contributed by atoms with E-state index in [2.05, 4.69) is 15.1 Å². The van der Waals surface area contributed by atoms with Gasteiger partial charge in [-0.3, -0.25) is 10.1 Å². The second-order valence-corrected chi connectivity index (χ2v) is 7.28. The SMILES string of the molecule is COCCn1c[nH+]c2c(c1=O)c1nc3ccccc3nc1n2/N=C/c1cccc([N+](=O)[O-])c1. The molecule has 0 atom stereocenters. The number of non-ortho nitro benzene ring substituents is 1. The molecule has 0 fully saturated rings. The quantitative estimate of drug-likeness (QED) is 0.224. The van der Waals surface area contributed by atoms with Gasteiger partial charge >= 0.3 is 5.56 Å². The number of benzene rings is 2. The Hall–Kier alpha value is -4.51. The van der Waals surface area contributed by atoms with Crippen molar-refractivity contribution in [2.24, 2.45) is 5.10 Å². The Labute approximate surface area is 185 Å². The zero-order chi connectivity index (χ0) is 22.9. The standard InChI is InChI=1S/C22H17N7O4/c1-33-10-9-27-13-23-20-18(22(27)30)19-21(26-17-8-3-2-7-16(17)25-19)28(20)24-12-14-5-4-6-15(11-14)29(31)32/h2-8,11-13H,9-10H2,1H3/p+1/b24-12+. The highest BCUT2D eigenvalue weighted by atomic mass is 16.6. The molecule has 0 unspecified atom stereocenters. The van der Waals surface area contributed by atoms with Gasteiger partial charge in [0.15, 0.2) is 11.7 Å². The van der Waals surface area contributed by atoms with E-state index in [1.165, 1.54) is 27.6 Å². The molecule has 33 heavy (non-hydrogen) atoms. The average Bonchev–Trinajstić information content (AvgIpc) is 3.14. The van der Waals surface area contributed by atoms with Crippen molar-refractivity contribution >= 4 is 45.1 Å². The van der Waals surface area contributed by atoms with Crippen LogP contribution in [0.1, 0.15) is 5.56 Å². The summed E-state index contributed by atoms with van der Waals surface area (Å²) in [5.74, 6) is 0. The lowest BCUT2D eigenvalue weighted by atomic mass is 10.2. The summed E-state index contributed by atoms with van der Waals surface area (Å²) in [5.41, 5.74) is 2.76. The van der Waals surface area contributed by atoms with E-state index in [9.17, 15) is 14.9 Å². The van der Waals surface area contributed by atoms with Gasteiger partial charge in [0.05, 0.1) is 35.3 Å². The summed E-state index contributed by atoms with van der Waals surface area (Å²) in [6.45, 7) is 0.740. The minimum atomic E-state index is -0.467. The second kappa shape index (κ2) is 8.20. The number of fused-ring (bicyclic) bond motifs is 4. The van der Waals surface area contributed by atoms with Crippen molar-refractivity contribution in [2.75, 3.05) is 13.7 Å². The number of nitrogens with zero attached hydrogens (tertiary/aromatic N) is 6. The van der Waals surface area contributed by atoms with Gasteiger partial charge in [-0.25, -0.2) is 24.3 Å². The highest BCUT2D eigenvalue weighted by Crippen LogP contribution is 2.24. The maximum Gasteiger partial charge on any atom is 0.322 e. The zero-order valence-electron chi connectivity index (χ0n) is 17.5. The van der Waals surface area contributed by atoms with Crippen LogP contribution in [-0.2, 0) is 11.3 Å². The lowest BCUT2D eigenvalue weighted by Crippen LogP contribution is -2.28. The van der Waals surface area contributed by atoms with Crippen LogP contribution < -0.4 is 10.5 Å². The molecule has 164 valence electrons. The molecular formula is C22H18N7O4+. The Balaban J connectivity index is 1.76. The number of rotatable bonds is 6. The van der Waals surface area contributed by atoms with E-state index in [0.29, 0.717) is 51.9 Å². The number of para-hydroxylation sites is 2. The number of hydrogen-bond donors (Lipinski definition) is 0. The van der Waals surface area contributed by atoms with Crippen molar-refractivity contribution in [1.29, 1.82) is 0 Å². The Bertz CT molecular complexity index is 1620. The van der Waals surface area contributed by atoms with Crippen molar-refractivity contribution < 1.29 is 14.6 Å². The monoisotopic (exact) mass is 444 g/mol. The lowest BCUT2D eigenvalue weighted by molar-refractivity contribution is -0.384. The molecule has 0 amide bonds. The molecular weight excluding hydrogens is 426 g/mol. The minimum absolute atomic E-state index is 0.0421. The first-order valence-corrected chi connectivity index (χ1v) is 10.1. The predicted molar refractivity (Wildman–Crippen MR) is 121 cm³/mol. The molecule has 0 aliphatic heterocycles. The van der Waals surface area contributed by atoms with E-state index in [1.54, 1.807) is 25.6 Å². The van der Waals surface area contributed by atoms with Crippen molar-refractivity contribution in [3.8, 4) is 0 Å². The predicted octanol–water partition coefficient (Wildman–Crippen LogP) is 2.15. The third kappa shape index (κ3) is 3.59. The highest BCUT2D eigenvalue weighted by Gasteiger charge is 2.24. The molecule has 0 radical (unpaired) electrons. The van der Waals surface area contributed by atoms with Crippen LogP contribution in [0.15, 0.2) is 64.8 Å². The van der Waals surface area contributed by atoms with Crippen LogP contribution in [0.3, 0.4) is 0 Å². The maximum absolute atomic E-state index is 13.3. The van der Waals surface area contributed by atoms with Crippen LogP contribution >= 0.6 is 0 Å². The van der Waals surface area contributed by atoms with E-state index in [1.807, 2.05) is 24.3 Å². The van der Waals surface area contributed by atoms with Gasteiger partial charge in [0.2, 0.25) is 5.65 Å². The van der Waals surface area contributed by atoms with Gasteiger partial charge in [-0.1, -0.05) is 24.3 Å². The molecule has 5 aromatic rings. The summed E-state index contributed by atoms with van der Waals surface area (Å²) in [4.78, 5) is 36.4. The second-order valence-electron chi connectivity index (χ2n) is 7.28. The number of H-pyrrole nitrogens is 1. The van der Waals surface area contributed by atoms with Crippen LogP contribution in [0.25, 0.3) is 33.2 Å². The van der Waals surface area contributed by atoms with Gasteiger partial charge < -0.3 is 4.74 Å². The maximum atomic E-state index is 13.3. The van der Waals surface area contributed by atoms with E-state index in [4.69, 9.17) is 9.72 Å². The molecule has 2 aromatic carbocycles. The summed E-state index contributed by atoms with van der Waals surface area (Å²) >= 11 is 0. The number of aromatic amines is 1. The molecule has 3 heterocycles. The molecule has 0 aliphatic rings. The van der Waals surface area contributed by atoms with Crippen molar-refractivity contribution in [2.45, 2.75) is 6.54 Å². The van der Waals surface area contributed by atoms with Gasteiger partial charge in [0, 0.05) is 24.8 Å². The largest absolute Gasteiger partial charge is 0.381 e. The van der Waals surface area contributed by atoms with Gasteiger partial charge in [-0.2, -0.15) is 0 Å². The van der Waals surface area contributed by atoms with Crippen LogP contribution in [0.5, 0.6) is 0 Å². The van der Waals surface area contributed by atoms with Crippen LogP contribution in [-0.4, -0.2) is 44.1 Å². The molecule has 0 bridgehead atoms. The van der Waals surface area contributed by atoms with Crippen molar-refractivity contribution in [3.05, 3.63) is 80.9 Å². The Morgan fingerprint density at radius 2 is 1.97 bits per heavy atom. The summed E-state index contributed by atoms with van der Waals surface area (Å²) in [5, 5.41) is 15.9. The van der Waals surface area contributed by atoms with Gasteiger partial charge in [-0.05, 0) is 12.1 Å². The zero-order valence-corrected chi connectivity index (χ0v) is 17.5. The summed E-state index contributed by atoms with van der Waals surface area (Å²) in [6, 6.07) is 13.5.